The number of benzene rings is 1. The van der Waals surface area contributed by atoms with E-state index in [9.17, 15) is 9.18 Å². The van der Waals surface area contributed by atoms with Crippen molar-refractivity contribution in [1.82, 2.24) is 4.98 Å². The third kappa shape index (κ3) is 3.71. The van der Waals surface area contributed by atoms with Gasteiger partial charge in [0.2, 0.25) is 5.91 Å². The zero-order valence-electron chi connectivity index (χ0n) is 12.4. The van der Waals surface area contributed by atoms with E-state index in [2.05, 4.69) is 10.3 Å². The van der Waals surface area contributed by atoms with Crippen LogP contribution in [0.3, 0.4) is 0 Å². The van der Waals surface area contributed by atoms with E-state index in [0.717, 1.165) is 18.5 Å². The number of halogens is 1. The zero-order chi connectivity index (χ0) is 15.4. The Bertz CT molecular complexity index is 645. The van der Waals surface area contributed by atoms with Gasteiger partial charge in [0.1, 0.15) is 5.82 Å². The van der Waals surface area contributed by atoms with Crippen molar-refractivity contribution in [2.75, 3.05) is 5.32 Å². The molecule has 0 saturated heterocycles. The first-order chi connectivity index (χ1) is 10.7. The molecule has 5 heteroatoms. The predicted octanol–water partition coefficient (Wildman–Crippen LogP) is 4.12. The van der Waals surface area contributed by atoms with Gasteiger partial charge in [0.05, 0.1) is 5.69 Å². The molecule has 0 fully saturated rings. The summed E-state index contributed by atoms with van der Waals surface area (Å²) in [7, 11) is 0. The van der Waals surface area contributed by atoms with Gasteiger partial charge in [-0.1, -0.05) is 24.6 Å². The fourth-order valence-electron chi connectivity index (χ4n) is 2.71. The van der Waals surface area contributed by atoms with Crippen molar-refractivity contribution >= 4 is 22.4 Å². The molecule has 0 aliphatic heterocycles. The van der Waals surface area contributed by atoms with Crippen molar-refractivity contribution in [1.29, 1.82) is 0 Å². The molecule has 3 nitrogen and oxygen atoms in total. The summed E-state index contributed by atoms with van der Waals surface area (Å²) < 4.78 is 13.5. The Labute approximate surface area is 133 Å². The molecule has 2 aromatic rings. The van der Waals surface area contributed by atoms with E-state index in [1.54, 1.807) is 29.5 Å². The van der Waals surface area contributed by atoms with Crippen LogP contribution in [0.15, 0.2) is 24.3 Å². The molecular weight excluding hydrogens is 299 g/mol. The lowest BCUT2D eigenvalue weighted by Gasteiger charge is -2.03. The number of carbonyl (C=O) groups is 1. The number of carbonyl (C=O) groups excluding carboxylic acids is 1. The van der Waals surface area contributed by atoms with Crippen molar-refractivity contribution in [2.45, 2.75) is 44.9 Å². The lowest BCUT2D eigenvalue weighted by Crippen LogP contribution is -2.12. The van der Waals surface area contributed by atoms with Crippen molar-refractivity contribution in [3.8, 4) is 0 Å². The van der Waals surface area contributed by atoms with Gasteiger partial charge in [0.25, 0.3) is 0 Å². The molecule has 1 aliphatic rings. The van der Waals surface area contributed by atoms with Gasteiger partial charge in [-0.2, -0.15) is 0 Å². The molecule has 0 bridgehead atoms. The lowest BCUT2D eigenvalue weighted by atomic mass is 10.1. The van der Waals surface area contributed by atoms with Gasteiger partial charge in [-0.25, -0.2) is 9.37 Å². The first-order valence-electron chi connectivity index (χ1n) is 7.74. The Balaban J connectivity index is 1.57. The predicted molar refractivity (Wildman–Crippen MR) is 86.7 cm³/mol. The van der Waals surface area contributed by atoms with Crippen LogP contribution in [0, 0.1) is 5.82 Å². The highest BCUT2D eigenvalue weighted by atomic mass is 32.1. The summed E-state index contributed by atoms with van der Waals surface area (Å²) in [5.41, 5.74) is 1.72. The number of aromatic nitrogens is 1. The lowest BCUT2D eigenvalue weighted by molar-refractivity contribution is -0.116. The molecule has 1 N–H and O–H groups in total. The molecule has 1 aliphatic carbocycles. The molecule has 1 aromatic heterocycles. The van der Waals surface area contributed by atoms with Crippen LogP contribution in [-0.4, -0.2) is 10.9 Å². The zero-order valence-corrected chi connectivity index (χ0v) is 13.2. The Morgan fingerprint density at radius 2 is 2.05 bits per heavy atom. The third-order valence-corrected chi connectivity index (χ3v) is 4.99. The first kappa shape index (κ1) is 15.2. The van der Waals surface area contributed by atoms with Crippen LogP contribution in [0.4, 0.5) is 9.52 Å². The van der Waals surface area contributed by atoms with Crippen molar-refractivity contribution in [3.05, 3.63) is 46.2 Å². The van der Waals surface area contributed by atoms with Crippen LogP contribution in [0.1, 0.15) is 41.8 Å². The van der Waals surface area contributed by atoms with Gasteiger partial charge in [0.15, 0.2) is 5.13 Å². The quantitative estimate of drug-likeness (QED) is 0.862. The maximum Gasteiger partial charge on any atom is 0.226 e. The molecule has 0 saturated carbocycles. The van der Waals surface area contributed by atoms with Gasteiger partial charge in [-0.05, 0) is 43.7 Å². The minimum absolute atomic E-state index is 0.104. The van der Waals surface area contributed by atoms with E-state index in [4.69, 9.17) is 0 Å². The number of hydrogen-bond acceptors (Lipinski definition) is 3. The molecule has 3 rings (SSSR count). The number of thiazole rings is 1. The molecule has 1 aromatic carbocycles. The van der Waals surface area contributed by atoms with Gasteiger partial charge in [-0.15, -0.1) is 11.3 Å². The van der Waals surface area contributed by atoms with Crippen molar-refractivity contribution in [3.63, 3.8) is 0 Å². The highest BCUT2D eigenvalue weighted by molar-refractivity contribution is 7.15. The SMILES string of the molecule is O=C(CCc1ccccc1F)Nc1nc2c(s1)CCCCC2. The highest BCUT2D eigenvalue weighted by Crippen LogP contribution is 2.29. The fraction of sp³-hybridized carbons (Fsp3) is 0.412. The van der Waals surface area contributed by atoms with Gasteiger partial charge >= 0.3 is 0 Å². The molecule has 22 heavy (non-hydrogen) atoms. The molecule has 1 amide bonds. The van der Waals surface area contributed by atoms with E-state index in [1.165, 1.54) is 30.2 Å². The molecule has 116 valence electrons. The smallest absolute Gasteiger partial charge is 0.226 e. The fourth-order valence-corrected chi connectivity index (χ4v) is 3.78. The molecule has 0 unspecified atom stereocenters. The Kier molecular flexibility index (Phi) is 4.83. The molecule has 0 spiro atoms. The van der Waals surface area contributed by atoms with E-state index >= 15 is 0 Å². The third-order valence-electron chi connectivity index (χ3n) is 3.92. The van der Waals surface area contributed by atoms with Gasteiger partial charge in [0, 0.05) is 11.3 Å². The van der Waals surface area contributed by atoms with Crippen LogP contribution < -0.4 is 5.32 Å². The van der Waals surface area contributed by atoms with Crippen LogP contribution in [0.2, 0.25) is 0 Å². The topological polar surface area (TPSA) is 42.0 Å². The second-order valence-corrected chi connectivity index (χ2v) is 6.67. The van der Waals surface area contributed by atoms with E-state index < -0.39 is 0 Å². The number of amides is 1. The summed E-state index contributed by atoms with van der Waals surface area (Å²) in [6.07, 6.45) is 6.39. The molecule has 0 atom stereocenters. The second kappa shape index (κ2) is 7.01. The Morgan fingerprint density at radius 1 is 1.23 bits per heavy atom. The summed E-state index contributed by atoms with van der Waals surface area (Å²) in [6, 6.07) is 6.58. The number of anilines is 1. The van der Waals surface area contributed by atoms with Crippen LogP contribution in [-0.2, 0) is 24.1 Å². The van der Waals surface area contributed by atoms with E-state index in [-0.39, 0.29) is 18.1 Å². The number of rotatable bonds is 4. The normalized spacial score (nSPS) is 14.2. The van der Waals surface area contributed by atoms with Gasteiger partial charge in [-0.3, -0.25) is 4.79 Å². The van der Waals surface area contributed by atoms with Crippen LogP contribution in [0.5, 0.6) is 0 Å². The summed E-state index contributed by atoms with van der Waals surface area (Å²) in [4.78, 5) is 17.9. The molecule has 0 radical (unpaired) electrons. The second-order valence-electron chi connectivity index (χ2n) is 5.59. The number of hydrogen-bond donors (Lipinski definition) is 1. The number of nitrogens with zero attached hydrogens (tertiary/aromatic N) is 1. The minimum Gasteiger partial charge on any atom is -0.302 e. The first-order valence-corrected chi connectivity index (χ1v) is 8.56. The largest absolute Gasteiger partial charge is 0.302 e. The molecule has 1 heterocycles. The monoisotopic (exact) mass is 318 g/mol. The summed E-state index contributed by atoms with van der Waals surface area (Å²) in [6.45, 7) is 0. The van der Waals surface area contributed by atoms with Crippen LogP contribution >= 0.6 is 11.3 Å². The maximum absolute atomic E-state index is 13.5. The van der Waals surface area contributed by atoms with E-state index in [1.807, 2.05) is 0 Å². The van der Waals surface area contributed by atoms with Gasteiger partial charge < -0.3 is 5.32 Å². The highest BCUT2D eigenvalue weighted by Gasteiger charge is 2.15. The summed E-state index contributed by atoms with van der Waals surface area (Å²) in [5, 5.41) is 3.54. The number of aryl methyl sites for hydroxylation is 3. The van der Waals surface area contributed by atoms with Crippen LogP contribution in [0.25, 0.3) is 0 Å². The van der Waals surface area contributed by atoms with E-state index in [0.29, 0.717) is 17.1 Å². The number of fused-ring (bicyclic) bond motifs is 1. The summed E-state index contributed by atoms with van der Waals surface area (Å²) in [5.74, 6) is -0.358. The molecular formula is C17H19FN2OS. The minimum atomic E-state index is -0.253. The average Bonchev–Trinajstić information content (AvgIpc) is 2.75. The maximum atomic E-state index is 13.5. The standard InChI is InChI=1S/C17H19FN2OS/c18-13-7-5-4-6-12(13)10-11-16(21)20-17-19-14-8-2-1-3-9-15(14)22-17/h4-7H,1-3,8-11H2,(H,19,20,21). The number of nitrogens with one attached hydrogen (secondary N) is 1. The Hall–Kier alpha value is -1.75. The average molecular weight is 318 g/mol. The Morgan fingerprint density at radius 3 is 2.91 bits per heavy atom. The summed E-state index contributed by atoms with van der Waals surface area (Å²) >= 11 is 1.58. The van der Waals surface area contributed by atoms with Crippen molar-refractivity contribution in [2.24, 2.45) is 0 Å². The van der Waals surface area contributed by atoms with Crippen molar-refractivity contribution < 1.29 is 9.18 Å².